The summed E-state index contributed by atoms with van der Waals surface area (Å²) in [6.45, 7) is 3.61. The molecule has 0 radical (unpaired) electrons. The summed E-state index contributed by atoms with van der Waals surface area (Å²) in [5, 5.41) is 2.78. The first-order valence-electron chi connectivity index (χ1n) is 10.2. The first kappa shape index (κ1) is 20.3. The maximum Gasteiger partial charge on any atom is 0.246 e. The number of aromatic nitrogens is 1. The molecule has 1 unspecified atom stereocenters. The molecule has 2 amide bonds. The third-order valence-corrected chi connectivity index (χ3v) is 6.80. The van der Waals surface area contributed by atoms with Crippen molar-refractivity contribution in [2.75, 3.05) is 32.1 Å². The number of rotatable bonds is 5. The molecule has 0 bridgehead atoms. The van der Waals surface area contributed by atoms with Crippen molar-refractivity contribution in [3.8, 4) is 0 Å². The van der Waals surface area contributed by atoms with Gasteiger partial charge >= 0.3 is 0 Å². The number of likely N-dealkylation sites (tertiary alicyclic amines) is 1. The van der Waals surface area contributed by atoms with E-state index in [-0.39, 0.29) is 29.8 Å². The zero-order valence-corrected chi connectivity index (χ0v) is 17.6. The molecule has 1 saturated heterocycles. The molecule has 1 aliphatic heterocycles. The van der Waals surface area contributed by atoms with Gasteiger partial charge in [-0.2, -0.15) is 0 Å². The minimum absolute atomic E-state index is 0.0898. The van der Waals surface area contributed by atoms with Gasteiger partial charge < -0.3 is 4.90 Å². The first-order valence-corrected chi connectivity index (χ1v) is 11.0. The van der Waals surface area contributed by atoms with Crippen molar-refractivity contribution >= 4 is 28.3 Å². The van der Waals surface area contributed by atoms with Crippen molar-refractivity contribution in [1.29, 1.82) is 0 Å². The van der Waals surface area contributed by atoms with Crippen molar-refractivity contribution in [3.05, 3.63) is 11.6 Å². The third-order valence-electron chi connectivity index (χ3n) is 6.03. The summed E-state index contributed by atoms with van der Waals surface area (Å²) >= 11 is 1.55. The lowest BCUT2D eigenvalue weighted by atomic mass is 9.93. The highest BCUT2D eigenvalue weighted by Gasteiger charge is 2.36. The highest BCUT2D eigenvalue weighted by molar-refractivity contribution is 7.13. The van der Waals surface area contributed by atoms with Crippen LogP contribution in [0.3, 0.4) is 0 Å². The lowest BCUT2D eigenvalue weighted by molar-refractivity contribution is -0.135. The Labute approximate surface area is 166 Å². The number of carbonyl (C=O) groups excluding carboxylic acids is 2. The molecule has 3 rings (SSSR count). The number of amides is 2. The summed E-state index contributed by atoms with van der Waals surface area (Å²) < 4.78 is 0. The van der Waals surface area contributed by atoms with E-state index < -0.39 is 0 Å². The number of nitrogens with zero attached hydrogens (tertiary/aromatic N) is 4. The maximum atomic E-state index is 13.4. The molecule has 1 aliphatic carbocycles. The fourth-order valence-electron chi connectivity index (χ4n) is 4.36. The SMILES string of the molecule is CC(C(=O)N(c1nccs1)C1CCCCC1)N1CCC(C(=O)N(C)C)CC1. The number of piperidine rings is 1. The van der Waals surface area contributed by atoms with Crippen LogP contribution in [0.4, 0.5) is 5.13 Å². The van der Waals surface area contributed by atoms with Gasteiger partial charge in [0.2, 0.25) is 11.8 Å². The molecule has 1 aromatic heterocycles. The van der Waals surface area contributed by atoms with Crippen LogP contribution >= 0.6 is 11.3 Å². The molecule has 0 aromatic carbocycles. The second kappa shape index (κ2) is 9.15. The van der Waals surface area contributed by atoms with Crippen LogP contribution in [0.1, 0.15) is 51.9 Å². The second-order valence-electron chi connectivity index (χ2n) is 8.03. The fourth-order valence-corrected chi connectivity index (χ4v) is 5.08. The zero-order valence-electron chi connectivity index (χ0n) is 16.8. The highest BCUT2D eigenvalue weighted by atomic mass is 32.1. The van der Waals surface area contributed by atoms with Gasteiger partial charge in [-0.15, -0.1) is 11.3 Å². The Hall–Kier alpha value is -1.47. The Morgan fingerprint density at radius 1 is 1.15 bits per heavy atom. The topological polar surface area (TPSA) is 56.8 Å². The standard InChI is InChI=1S/C20H32N4O2S/c1-15(23-12-9-16(10-13-23)19(26)22(2)3)18(25)24(20-21-11-14-27-20)17-7-5-4-6-8-17/h11,14-17H,4-10,12-13H2,1-3H3. The van der Waals surface area contributed by atoms with E-state index in [9.17, 15) is 9.59 Å². The second-order valence-corrected chi connectivity index (χ2v) is 8.91. The van der Waals surface area contributed by atoms with Crippen molar-refractivity contribution in [3.63, 3.8) is 0 Å². The molecule has 0 N–H and O–H groups in total. The van der Waals surface area contributed by atoms with Crippen molar-refractivity contribution in [1.82, 2.24) is 14.8 Å². The van der Waals surface area contributed by atoms with Crippen LogP contribution in [0.2, 0.25) is 0 Å². The molecule has 2 aliphatic rings. The quantitative estimate of drug-likeness (QED) is 0.773. The summed E-state index contributed by atoms with van der Waals surface area (Å²) in [6, 6.07) is 0.0962. The third kappa shape index (κ3) is 4.69. The average molecular weight is 393 g/mol. The number of anilines is 1. The summed E-state index contributed by atoms with van der Waals surface area (Å²) in [6.07, 6.45) is 9.21. The molecule has 2 heterocycles. The van der Waals surface area contributed by atoms with Crippen molar-refractivity contribution in [2.24, 2.45) is 5.92 Å². The van der Waals surface area contributed by atoms with E-state index in [0.717, 1.165) is 43.9 Å². The predicted molar refractivity (Wildman–Crippen MR) is 109 cm³/mol. The minimum Gasteiger partial charge on any atom is -0.349 e. The molecule has 150 valence electrons. The Morgan fingerprint density at radius 3 is 2.37 bits per heavy atom. The molecule has 0 spiro atoms. The van der Waals surface area contributed by atoms with Gasteiger partial charge in [0.05, 0.1) is 6.04 Å². The lowest BCUT2D eigenvalue weighted by Gasteiger charge is -2.39. The van der Waals surface area contributed by atoms with E-state index in [2.05, 4.69) is 9.88 Å². The van der Waals surface area contributed by atoms with Gasteiger partial charge in [0.25, 0.3) is 0 Å². The molecular weight excluding hydrogens is 360 g/mol. The van der Waals surface area contributed by atoms with E-state index >= 15 is 0 Å². The molecule has 1 aromatic rings. The van der Waals surface area contributed by atoms with Crippen LogP contribution in [-0.2, 0) is 9.59 Å². The van der Waals surface area contributed by atoms with Gasteiger partial charge in [-0.1, -0.05) is 19.3 Å². The molecule has 27 heavy (non-hydrogen) atoms. The van der Waals surface area contributed by atoms with Crippen molar-refractivity contribution < 1.29 is 9.59 Å². The summed E-state index contributed by atoms with van der Waals surface area (Å²) in [5.41, 5.74) is 0. The van der Waals surface area contributed by atoms with E-state index in [1.165, 1.54) is 19.3 Å². The molecule has 1 saturated carbocycles. The number of thiazole rings is 1. The summed E-state index contributed by atoms with van der Waals surface area (Å²) in [5.74, 6) is 0.460. The molecule has 1 atom stereocenters. The van der Waals surface area contributed by atoms with Crippen LogP contribution in [0.25, 0.3) is 0 Å². The van der Waals surface area contributed by atoms with Crippen LogP contribution in [-0.4, -0.2) is 65.9 Å². The predicted octanol–water partition coefficient (Wildman–Crippen LogP) is 3.00. The smallest absolute Gasteiger partial charge is 0.246 e. The average Bonchev–Trinajstić information content (AvgIpc) is 3.22. The summed E-state index contributed by atoms with van der Waals surface area (Å²) in [4.78, 5) is 36.0. The molecule has 6 nitrogen and oxygen atoms in total. The van der Waals surface area contributed by atoms with Gasteiger partial charge in [0.1, 0.15) is 0 Å². The maximum absolute atomic E-state index is 13.4. The van der Waals surface area contributed by atoms with Gasteiger partial charge in [-0.3, -0.25) is 19.4 Å². The first-order chi connectivity index (χ1) is 13.0. The van der Waals surface area contributed by atoms with E-state index in [1.54, 1.807) is 22.4 Å². The van der Waals surface area contributed by atoms with E-state index in [4.69, 9.17) is 0 Å². The lowest BCUT2D eigenvalue weighted by Crippen LogP contribution is -2.53. The largest absolute Gasteiger partial charge is 0.349 e. The Balaban J connectivity index is 1.66. The monoisotopic (exact) mass is 392 g/mol. The number of hydrogen-bond acceptors (Lipinski definition) is 5. The van der Waals surface area contributed by atoms with Gasteiger partial charge in [0.15, 0.2) is 5.13 Å². The van der Waals surface area contributed by atoms with Gasteiger partial charge in [-0.25, -0.2) is 4.98 Å². The molecule has 7 heteroatoms. The summed E-state index contributed by atoms with van der Waals surface area (Å²) in [7, 11) is 3.63. The molecule has 2 fully saturated rings. The van der Waals surface area contributed by atoms with Gasteiger partial charge in [-0.05, 0) is 45.7 Å². The van der Waals surface area contributed by atoms with Crippen LogP contribution in [0, 0.1) is 5.92 Å². The highest BCUT2D eigenvalue weighted by Crippen LogP contribution is 2.30. The van der Waals surface area contributed by atoms with E-state index in [1.807, 2.05) is 31.3 Å². The van der Waals surface area contributed by atoms with Crippen LogP contribution in [0.15, 0.2) is 11.6 Å². The number of hydrogen-bond donors (Lipinski definition) is 0. The minimum atomic E-state index is -0.175. The van der Waals surface area contributed by atoms with Crippen LogP contribution < -0.4 is 4.90 Å². The molecular formula is C20H32N4O2S. The Bertz CT molecular complexity index is 620. The normalized spacial score (nSPS) is 21.0. The van der Waals surface area contributed by atoms with Crippen LogP contribution in [0.5, 0.6) is 0 Å². The fraction of sp³-hybridized carbons (Fsp3) is 0.750. The Morgan fingerprint density at radius 2 is 1.81 bits per heavy atom. The van der Waals surface area contributed by atoms with Gasteiger partial charge in [0, 0.05) is 37.6 Å². The Kier molecular flexibility index (Phi) is 6.87. The zero-order chi connectivity index (χ0) is 19.4. The number of carbonyl (C=O) groups is 2. The van der Waals surface area contributed by atoms with Crippen molar-refractivity contribution in [2.45, 2.75) is 64.0 Å². The van der Waals surface area contributed by atoms with E-state index in [0.29, 0.717) is 0 Å².